The van der Waals surface area contributed by atoms with Crippen LogP contribution in [-0.4, -0.2) is 4.57 Å². The molecule has 2 heteroatoms. The summed E-state index contributed by atoms with van der Waals surface area (Å²) in [5.41, 5.74) is 26.0. The number of hydrogen-bond acceptors (Lipinski definition) is 1. The number of fused-ring (bicyclic) bond motifs is 13. The zero-order valence-corrected chi connectivity index (χ0v) is 41.1. The number of rotatable bonds is 8. The Morgan fingerprint density at radius 1 is 0.267 bits per heavy atom. The van der Waals surface area contributed by atoms with Gasteiger partial charge in [-0.25, -0.2) is 0 Å². The molecule has 12 aromatic carbocycles. The van der Waals surface area contributed by atoms with Crippen molar-refractivity contribution in [3.63, 3.8) is 0 Å². The summed E-state index contributed by atoms with van der Waals surface area (Å²) < 4.78 is 2.44. The predicted molar refractivity (Wildman–Crippen MR) is 314 cm³/mol. The minimum absolute atomic E-state index is 0.505. The van der Waals surface area contributed by atoms with Crippen molar-refractivity contribution in [3.8, 4) is 72.4 Å². The van der Waals surface area contributed by atoms with E-state index in [1.807, 2.05) is 0 Å². The van der Waals surface area contributed by atoms with Gasteiger partial charge in [0.1, 0.15) is 0 Å². The predicted octanol–water partition coefficient (Wildman–Crippen LogP) is 19.3. The van der Waals surface area contributed by atoms with E-state index in [-0.39, 0.29) is 0 Å². The van der Waals surface area contributed by atoms with E-state index in [0.29, 0.717) is 0 Å². The van der Waals surface area contributed by atoms with Crippen LogP contribution in [-0.2, 0) is 5.41 Å². The number of benzene rings is 12. The smallest absolute Gasteiger partial charge is 0.0726 e. The van der Waals surface area contributed by atoms with E-state index in [1.165, 1.54) is 99.7 Å². The lowest BCUT2D eigenvalue weighted by Crippen LogP contribution is -2.26. The van der Waals surface area contributed by atoms with Gasteiger partial charge in [0, 0.05) is 38.8 Å². The molecule has 1 aromatic heterocycles. The largest absolute Gasteiger partial charge is 0.309 e. The molecule has 0 radical (unpaired) electrons. The first-order valence-electron chi connectivity index (χ1n) is 26.0. The highest BCUT2D eigenvalue weighted by Crippen LogP contribution is 2.65. The van der Waals surface area contributed by atoms with Crippen LogP contribution in [0.5, 0.6) is 0 Å². The molecule has 350 valence electrons. The van der Waals surface area contributed by atoms with Crippen molar-refractivity contribution >= 4 is 38.9 Å². The number of hydrogen-bond donors (Lipinski definition) is 0. The molecule has 1 heterocycles. The zero-order valence-electron chi connectivity index (χ0n) is 41.1. The average Bonchev–Trinajstić information content (AvgIpc) is 4.33. The topological polar surface area (TPSA) is 8.17 Å². The third-order valence-corrected chi connectivity index (χ3v) is 16.0. The van der Waals surface area contributed by atoms with Crippen LogP contribution in [0.2, 0.25) is 0 Å². The molecular formula is C73H48N2. The second-order valence-corrected chi connectivity index (χ2v) is 19.8. The van der Waals surface area contributed by atoms with E-state index < -0.39 is 5.41 Å². The van der Waals surface area contributed by atoms with E-state index in [2.05, 4.69) is 301 Å². The maximum atomic E-state index is 2.57. The maximum Gasteiger partial charge on any atom is 0.0726 e. The molecule has 0 atom stereocenters. The average molecular weight is 953 g/mol. The van der Waals surface area contributed by atoms with Crippen LogP contribution in [0, 0.1) is 0 Å². The molecule has 13 aromatic rings. The normalized spacial score (nSPS) is 12.6. The Balaban J connectivity index is 1.02. The van der Waals surface area contributed by atoms with Gasteiger partial charge in [-0.15, -0.1) is 0 Å². The van der Waals surface area contributed by atoms with Crippen LogP contribution >= 0.6 is 0 Å². The quantitative estimate of drug-likeness (QED) is 0.147. The van der Waals surface area contributed by atoms with E-state index in [9.17, 15) is 0 Å². The summed E-state index contributed by atoms with van der Waals surface area (Å²) in [4.78, 5) is 2.57. The van der Waals surface area contributed by atoms with Crippen LogP contribution in [0.25, 0.3) is 94.3 Å². The standard InChI is InChI=1S/C73H48N2/c1-4-23-49(24-5-1)54-29-10-11-33-60(54)70-55(50-25-6-2-7-26-50)35-21-43-68(70)74(53-47-45-51(46-48-53)56-36-20-37-61-59-32-15-19-42-67(59)75(72(56)61)52-27-8-3-9-28-52)69-44-22-41-66-71(69)62-34-14-18-40-65(62)73(66)63-38-16-12-30-57(63)58-31-13-17-39-64(58)73/h1-48H. The van der Waals surface area contributed by atoms with Crippen molar-refractivity contribution in [1.29, 1.82) is 0 Å². The third kappa shape index (κ3) is 6.40. The van der Waals surface area contributed by atoms with Crippen molar-refractivity contribution in [3.05, 3.63) is 313 Å². The summed E-state index contributed by atoms with van der Waals surface area (Å²) in [6.45, 7) is 0. The molecular weight excluding hydrogens is 905 g/mol. The molecule has 2 aliphatic carbocycles. The van der Waals surface area contributed by atoms with E-state index in [1.54, 1.807) is 0 Å². The molecule has 2 nitrogen and oxygen atoms in total. The van der Waals surface area contributed by atoms with Crippen molar-refractivity contribution < 1.29 is 0 Å². The fourth-order valence-electron chi connectivity index (χ4n) is 13.0. The Labute approximate surface area is 437 Å². The molecule has 0 bridgehead atoms. The van der Waals surface area contributed by atoms with Crippen LogP contribution in [0.3, 0.4) is 0 Å². The van der Waals surface area contributed by atoms with Gasteiger partial charge >= 0.3 is 0 Å². The lowest BCUT2D eigenvalue weighted by molar-refractivity contribution is 0.794. The Morgan fingerprint density at radius 3 is 1.39 bits per heavy atom. The zero-order chi connectivity index (χ0) is 49.5. The van der Waals surface area contributed by atoms with Gasteiger partial charge < -0.3 is 9.47 Å². The van der Waals surface area contributed by atoms with E-state index in [0.717, 1.165) is 33.9 Å². The molecule has 0 saturated heterocycles. The Bertz CT molecular complexity index is 4290. The summed E-state index contributed by atoms with van der Waals surface area (Å²) in [6.07, 6.45) is 0. The molecule has 75 heavy (non-hydrogen) atoms. The second kappa shape index (κ2) is 17.2. The fraction of sp³-hybridized carbons (Fsp3) is 0.0137. The van der Waals surface area contributed by atoms with Gasteiger partial charge in [0.2, 0.25) is 0 Å². The monoisotopic (exact) mass is 952 g/mol. The van der Waals surface area contributed by atoms with Gasteiger partial charge in [-0.2, -0.15) is 0 Å². The number of nitrogens with zero attached hydrogens (tertiary/aromatic N) is 2. The van der Waals surface area contributed by atoms with Crippen LogP contribution < -0.4 is 4.90 Å². The summed E-state index contributed by atoms with van der Waals surface area (Å²) in [5.74, 6) is 0. The summed E-state index contributed by atoms with van der Waals surface area (Å²) >= 11 is 0. The Kier molecular flexibility index (Phi) is 9.83. The van der Waals surface area contributed by atoms with Crippen molar-refractivity contribution in [2.75, 3.05) is 4.90 Å². The van der Waals surface area contributed by atoms with Crippen LogP contribution in [0.4, 0.5) is 17.1 Å². The first-order valence-corrected chi connectivity index (χ1v) is 26.0. The highest BCUT2D eigenvalue weighted by molar-refractivity contribution is 6.14. The first kappa shape index (κ1) is 42.9. The molecule has 15 rings (SSSR count). The third-order valence-electron chi connectivity index (χ3n) is 16.0. The molecule has 0 aliphatic heterocycles. The summed E-state index contributed by atoms with van der Waals surface area (Å²) in [5, 5.41) is 2.48. The first-order chi connectivity index (χ1) is 37.3. The molecule has 0 fully saturated rings. The fourth-order valence-corrected chi connectivity index (χ4v) is 13.0. The van der Waals surface area contributed by atoms with Crippen molar-refractivity contribution in [2.45, 2.75) is 5.41 Å². The van der Waals surface area contributed by atoms with E-state index in [4.69, 9.17) is 0 Å². The van der Waals surface area contributed by atoms with Gasteiger partial charge in [-0.05, 0) is 115 Å². The van der Waals surface area contributed by atoms with Gasteiger partial charge in [0.05, 0.1) is 27.8 Å². The molecule has 0 saturated carbocycles. The van der Waals surface area contributed by atoms with Crippen LogP contribution in [0.1, 0.15) is 22.3 Å². The molecule has 0 unspecified atom stereocenters. The number of aromatic nitrogens is 1. The molecule has 0 N–H and O–H groups in total. The Hall–Kier alpha value is -9.76. The van der Waals surface area contributed by atoms with E-state index >= 15 is 0 Å². The van der Waals surface area contributed by atoms with Crippen molar-refractivity contribution in [2.24, 2.45) is 0 Å². The highest BCUT2D eigenvalue weighted by Gasteiger charge is 2.52. The minimum Gasteiger partial charge on any atom is -0.309 e. The second-order valence-electron chi connectivity index (χ2n) is 19.8. The SMILES string of the molecule is c1ccc(-c2ccccc2-c2c(-c3ccccc3)cccc2N(c2ccc(-c3cccc4c5ccccc5n(-c5ccccc5)c34)cc2)c2cccc3c2-c2ccccc2C32c3ccccc3-c3ccccc32)cc1. The van der Waals surface area contributed by atoms with Crippen LogP contribution in [0.15, 0.2) is 291 Å². The van der Waals surface area contributed by atoms with Gasteiger partial charge in [0.15, 0.2) is 0 Å². The lowest BCUT2D eigenvalue weighted by Gasteiger charge is -2.33. The van der Waals surface area contributed by atoms with Gasteiger partial charge in [0.25, 0.3) is 0 Å². The summed E-state index contributed by atoms with van der Waals surface area (Å²) in [6, 6.07) is 108. The van der Waals surface area contributed by atoms with Gasteiger partial charge in [-0.1, -0.05) is 249 Å². The summed E-state index contributed by atoms with van der Waals surface area (Å²) in [7, 11) is 0. The van der Waals surface area contributed by atoms with Crippen molar-refractivity contribution in [1.82, 2.24) is 4.57 Å². The van der Waals surface area contributed by atoms with Gasteiger partial charge in [-0.3, -0.25) is 0 Å². The minimum atomic E-state index is -0.505. The lowest BCUT2D eigenvalue weighted by atomic mass is 9.70. The molecule has 2 aliphatic rings. The number of para-hydroxylation sites is 3. The highest BCUT2D eigenvalue weighted by atomic mass is 15.1. The molecule has 0 amide bonds. The molecule has 1 spiro atoms. The Morgan fingerprint density at radius 2 is 0.707 bits per heavy atom. The number of anilines is 3. The maximum absolute atomic E-state index is 2.57.